The van der Waals surface area contributed by atoms with E-state index in [0.717, 1.165) is 32.2 Å². The number of para-hydroxylation sites is 2. The van der Waals surface area contributed by atoms with Crippen LogP contribution in [0.1, 0.15) is 36.0 Å². The van der Waals surface area contributed by atoms with Gasteiger partial charge in [-0.3, -0.25) is 9.59 Å². The summed E-state index contributed by atoms with van der Waals surface area (Å²) in [5.74, 6) is 1.38. The highest BCUT2D eigenvalue weighted by Gasteiger charge is 2.32. The average molecular weight is 408 g/mol. The third kappa shape index (κ3) is 3.56. The normalized spacial score (nSPS) is 22.7. The van der Waals surface area contributed by atoms with Crippen molar-refractivity contribution in [1.29, 1.82) is 0 Å². The van der Waals surface area contributed by atoms with E-state index in [9.17, 15) is 9.59 Å². The van der Waals surface area contributed by atoms with Gasteiger partial charge in [-0.2, -0.15) is 0 Å². The average Bonchev–Trinajstić information content (AvgIpc) is 2.78. The van der Waals surface area contributed by atoms with E-state index >= 15 is 0 Å². The Kier molecular flexibility index (Phi) is 4.94. The van der Waals surface area contributed by atoms with Gasteiger partial charge < -0.3 is 24.4 Å². The molecule has 2 atom stereocenters. The van der Waals surface area contributed by atoms with Gasteiger partial charge in [0, 0.05) is 24.7 Å². The SMILES string of the molecule is O=C(Nc1ccc2c(c1)C(=O)N1CCCC[C@H]1CCO2)[C@@H]1COc2ccccc2O1. The monoisotopic (exact) mass is 408 g/mol. The fourth-order valence-electron chi connectivity index (χ4n) is 4.30. The molecule has 2 aromatic carbocycles. The summed E-state index contributed by atoms with van der Waals surface area (Å²) in [6, 6.07) is 12.7. The summed E-state index contributed by atoms with van der Waals surface area (Å²) < 4.78 is 17.3. The summed E-state index contributed by atoms with van der Waals surface area (Å²) in [6.07, 6.45) is 3.27. The Morgan fingerprint density at radius 1 is 1.00 bits per heavy atom. The van der Waals surface area contributed by atoms with E-state index < -0.39 is 6.10 Å². The Morgan fingerprint density at radius 2 is 1.87 bits per heavy atom. The molecule has 1 N–H and O–H groups in total. The topological polar surface area (TPSA) is 77.1 Å². The van der Waals surface area contributed by atoms with Crippen molar-refractivity contribution in [3.63, 3.8) is 0 Å². The molecular weight excluding hydrogens is 384 g/mol. The third-order valence-electron chi connectivity index (χ3n) is 5.88. The van der Waals surface area contributed by atoms with Crippen molar-refractivity contribution in [2.75, 3.05) is 25.1 Å². The fraction of sp³-hybridized carbons (Fsp3) is 0.391. The minimum atomic E-state index is -0.764. The van der Waals surface area contributed by atoms with Crippen molar-refractivity contribution in [1.82, 2.24) is 4.90 Å². The molecule has 0 aliphatic carbocycles. The van der Waals surface area contributed by atoms with Gasteiger partial charge in [-0.05, 0) is 49.6 Å². The number of benzene rings is 2. The highest BCUT2D eigenvalue weighted by Crippen LogP contribution is 2.33. The number of ether oxygens (including phenoxy) is 3. The minimum Gasteiger partial charge on any atom is -0.493 e. The van der Waals surface area contributed by atoms with E-state index in [1.54, 1.807) is 30.3 Å². The summed E-state index contributed by atoms with van der Waals surface area (Å²) >= 11 is 0. The maximum Gasteiger partial charge on any atom is 0.269 e. The molecule has 0 bridgehead atoms. The van der Waals surface area contributed by atoms with Crippen molar-refractivity contribution >= 4 is 17.5 Å². The molecule has 0 saturated carbocycles. The number of anilines is 1. The lowest BCUT2D eigenvalue weighted by Gasteiger charge is -2.37. The second kappa shape index (κ2) is 7.89. The van der Waals surface area contributed by atoms with Crippen LogP contribution in [0.5, 0.6) is 17.2 Å². The van der Waals surface area contributed by atoms with Gasteiger partial charge in [0.2, 0.25) is 6.10 Å². The molecule has 3 aliphatic rings. The molecule has 1 saturated heterocycles. The number of nitrogens with one attached hydrogen (secondary N) is 1. The smallest absolute Gasteiger partial charge is 0.269 e. The van der Waals surface area contributed by atoms with Crippen LogP contribution in [0.4, 0.5) is 5.69 Å². The Bertz CT molecular complexity index is 976. The highest BCUT2D eigenvalue weighted by molar-refractivity contribution is 6.00. The lowest BCUT2D eigenvalue weighted by molar-refractivity contribution is -0.125. The van der Waals surface area contributed by atoms with Crippen LogP contribution < -0.4 is 19.5 Å². The van der Waals surface area contributed by atoms with Gasteiger partial charge in [0.25, 0.3) is 11.8 Å². The quantitative estimate of drug-likeness (QED) is 0.826. The maximum atomic E-state index is 13.2. The molecule has 0 spiro atoms. The van der Waals surface area contributed by atoms with E-state index in [2.05, 4.69) is 5.32 Å². The fourth-order valence-corrected chi connectivity index (χ4v) is 4.30. The van der Waals surface area contributed by atoms with Gasteiger partial charge in [-0.15, -0.1) is 0 Å². The zero-order valence-electron chi connectivity index (χ0n) is 16.6. The molecule has 3 aliphatic heterocycles. The number of amides is 2. The number of hydrogen-bond donors (Lipinski definition) is 1. The largest absolute Gasteiger partial charge is 0.493 e. The first-order chi connectivity index (χ1) is 14.7. The van der Waals surface area contributed by atoms with Gasteiger partial charge in [-0.1, -0.05) is 12.1 Å². The zero-order valence-corrected chi connectivity index (χ0v) is 16.6. The van der Waals surface area contributed by atoms with E-state index in [4.69, 9.17) is 14.2 Å². The standard InChI is InChI=1S/C23H24N2O5/c26-22(21-14-29-19-6-1-2-7-20(19)30-21)24-15-8-9-18-17(13-15)23(27)25-11-4-3-5-16(25)10-12-28-18/h1-2,6-9,13,16,21H,3-5,10-12,14H2,(H,24,26)/t16-,21-/m0/s1. The van der Waals surface area contributed by atoms with Gasteiger partial charge in [0.15, 0.2) is 11.5 Å². The van der Waals surface area contributed by atoms with Gasteiger partial charge in [-0.25, -0.2) is 0 Å². The van der Waals surface area contributed by atoms with Crippen LogP contribution >= 0.6 is 0 Å². The Hall–Kier alpha value is -3.22. The molecule has 3 heterocycles. The lowest BCUT2D eigenvalue weighted by atomic mass is 9.97. The molecule has 7 heteroatoms. The molecule has 7 nitrogen and oxygen atoms in total. The second-order valence-electron chi connectivity index (χ2n) is 7.85. The number of piperidine rings is 1. The van der Waals surface area contributed by atoms with Crippen molar-refractivity contribution in [2.24, 2.45) is 0 Å². The maximum absolute atomic E-state index is 13.2. The Morgan fingerprint density at radius 3 is 2.77 bits per heavy atom. The van der Waals surface area contributed by atoms with E-state index in [1.165, 1.54) is 0 Å². The van der Waals surface area contributed by atoms with Crippen LogP contribution in [0.3, 0.4) is 0 Å². The number of carbonyl (C=O) groups is 2. The third-order valence-corrected chi connectivity index (χ3v) is 5.88. The molecule has 0 unspecified atom stereocenters. The van der Waals surface area contributed by atoms with E-state index in [0.29, 0.717) is 35.1 Å². The number of carbonyl (C=O) groups excluding carboxylic acids is 2. The predicted octanol–water partition coefficient (Wildman–Crippen LogP) is 3.24. The molecule has 0 radical (unpaired) electrons. The molecule has 1 fully saturated rings. The van der Waals surface area contributed by atoms with Crippen molar-refractivity contribution in [3.8, 4) is 17.2 Å². The molecule has 30 heavy (non-hydrogen) atoms. The minimum absolute atomic E-state index is 0.0309. The molecule has 2 amide bonds. The number of rotatable bonds is 2. The highest BCUT2D eigenvalue weighted by atomic mass is 16.6. The van der Waals surface area contributed by atoms with Crippen LogP contribution in [-0.2, 0) is 4.79 Å². The number of hydrogen-bond acceptors (Lipinski definition) is 5. The zero-order chi connectivity index (χ0) is 20.5. The summed E-state index contributed by atoms with van der Waals surface area (Å²) in [6.45, 7) is 1.48. The predicted molar refractivity (Wildman–Crippen MR) is 110 cm³/mol. The van der Waals surface area contributed by atoms with Gasteiger partial charge >= 0.3 is 0 Å². The summed E-state index contributed by atoms with van der Waals surface area (Å²) in [4.78, 5) is 27.9. The van der Waals surface area contributed by atoms with E-state index in [1.807, 2.05) is 17.0 Å². The molecule has 5 rings (SSSR count). The number of fused-ring (bicyclic) bond motifs is 3. The molecular formula is C23H24N2O5. The lowest BCUT2D eigenvalue weighted by Crippen LogP contribution is -2.45. The van der Waals surface area contributed by atoms with E-state index in [-0.39, 0.29) is 24.5 Å². The number of nitrogens with zero attached hydrogens (tertiary/aromatic N) is 1. The Balaban J connectivity index is 1.34. The van der Waals surface area contributed by atoms with Crippen LogP contribution in [0.25, 0.3) is 0 Å². The molecule has 156 valence electrons. The first-order valence-electron chi connectivity index (χ1n) is 10.5. The van der Waals surface area contributed by atoms with Crippen LogP contribution in [0.2, 0.25) is 0 Å². The molecule has 2 aromatic rings. The Labute approximate surface area is 174 Å². The summed E-state index contributed by atoms with van der Waals surface area (Å²) in [7, 11) is 0. The molecule has 0 aromatic heterocycles. The summed E-state index contributed by atoms with van der Waals surface area (Å²) in [5, 5.41) is 2.85. The second-order valence-corrected chi connectivity index (χ2v) is 7.85. The first-order valence-corrected chi connectivity index (χ1v) is 10.5. The van der Waals surface area contributed by atoms with Crippen LogP contribution in [0.15, 0.2) is 42.5 Å². The van der Waals surface area contributed by atoms with Crippen molar-refractivity contribution in [2.45, 2.75) is 37.8 Å². The van der Waals surface area contributed by atoms with Crippen LogP contribution in [-0.4, -0.2) is 48.6 Å². The summed E-state index contributed by atoms with van der Waals surface area (Å²) in [5.41, 5.74) is 1.03. The van der Waals surface area contributed by atoms with Gasteiger partial charge in [0.05, 0.1) is 12.2 Å². The first kappa shape index (κ1) is 18.8. The van der Waals surface area contributed by atoms with Crippen molar-refractivity contribution in [3.05, 3.63) is 48.0 Å². The van der Waals surface area contributed by atoms with Gasteiger partial charge in [0.1, 0.15) is 12.4 Å². The van der Waals surface area contributed by atoms with Crippen molar-refractivity contribution < 1.29 is 23.8 Å². The van der Waals surface area contributed by atoms with Crippen LogP contribution in [0, 0.1) is 0 Å².